The lowest BCUT2D eigenvalue weighted by atomic mass is 10.1. The summed E-state index contributed by atoms with van der Waals surface area (Å²) in [5, 5.41) is 6.78. The molecule has 1 N–H and O–H groups in total. The van der Waals surface area contributed by atoms with Crippen molar-refractivity contribution in [3.8, 4) is 0 Å². The van der Waals surface area contributed by atoms with E-state index in [9.17, 15) is 14.4 Å². The molecule has 1 aromatic heterocycles. The number of aromatic nitrogens is 2. The molecule has 0 radical (unpaired) electrons. The van der Waals surface area contributed by atoms with Gasteiger partial charge < -0.3 is 14.8 Å². The van der Waals surface area contributed by atoms with Gasteiger partial charge >= 0.3 is 11.9 Å². The van der Waals surface area contributed by atoms with E-state index in [0.29, 0.717) is 11.3 Å². The molecule has 0 aliphatic heterocycles. The summed E-state index contributed by atoms with van der Waals surface area (Å²) in [4.78, 5) is 35.4. The van der Waals surface area contributed by atoms with E-state index in [0.717, 1.165) is 17.0 Å². The average molecular weight is 359 g/mol. The second-order valence-corrected chi connectivity index (χ2v) is 5.81. The summed E-state index contributed by atoms with van der Waals surface area (Å²) < 4.78 is 11.1. The normalized spacial score (nSPS) is 10.3. The second kappa shape index (κ2) is 8.28. The molecule has 2 rings (SSSR count). The number of rotatable bonds is 6. The second-order valence-electron chi connectivity index (χ2n) is 5.81. The molecule has 2 aromatic rings. The number of esters is 2. The summed E-state index contributed by atoms with van der Waals surface area (Å²) in [6, 6.07) is 6.65. The lowest BCUT2D eigenvalue weighted by Crippen LogP contribution is -2.24. The van der Waals surface area contributed by atoms with Gasteiger partial charge in [0.25, 0.3) is 5.91 Å². The average Bonchev–Trinajstić information content (AvgIpc) is 2.91. The summed E-state index contributed by atoms with van der Waals surface area (Å²) in [6.07, 6.45) is 0. The number of benzene rings is 1. The molecule has 8 heteroatoms. The Bertz CT molecular complexity index is 841. The Hall–Kier alpha value is -3.16. The van der Waals surface area contributed by atoms with Crippen LogP contribution in [0.15, 0.2) is 24.3 Å². The van der Waals surface area contributed by atoms with E-state index in [2.05, 4.69) is 15.2 Å². The maximum absolute atomic E-state index is 12.0. The first kappa shape index (κ1) is 19.2. The first-order valence-electron chi connectivity index (χ1n) is 7.95. The highest BCUT2D eigenvalue weighted by atomic mass is 16.5. The van der Waals surface area contributed by atoms with Crippen LogP contribution in [0.2, 0.25) is 0 Å². The van der Waals surface area contributed by atoms with Crippen LogP contribution in [0.4, 0.5) is 5.69 Å². The minimum Gasteiger partial charge on any atom is -0.465 e. The molecule has 8 nitrogen and oxygen atoms in total. The first-order valence-corrected chi connectivity index (χ1v) is 7.95. The molecular formula is C18H21N3O5. The van der Waals surface area contributed by atoms with Crippen LogP contribution in [0, 0.1) is 20.8 Å². The Kier molecular flexibility index (Phi) is 6.11. The Morgan fingerprint density at radius 2 is 1.88 bits per heavy atom. The van der Waals surface area contributed by atoms with Gasteiger partial charge in [0.1, 0.15) is 6.54 Å². The number of hydrogen-bond donors (Lipinski definition) is 1. The SMILES string of the molecule is COC(=O)c1ccc(C)c(NC(=O)COC(=O)Cn2nc(C)cc2C)c1. The fraction of sp³-hybridized carbons (Fsp3) is 0.333. The van der Waals surface area contributed by atoms with E-state index in [1.807, 2.05) is 19.9 Å². The van der Waals surface area contributed by atoms with Crippen molar-refractivity contribution in [2.75, 3.05) is 19.0 Å². The molecule has 0 saturated carbocycles. The van der Waals surface area contributed by atoms with E-state index in [-0.39, 0.29) is 6.54 Å². The van der Waals surface area contributed by atoms with Gasteiger partial charge in [-0.1, -0.05) is 6.07 Å². The first-order chi connectivity index (χ1) is 12.3. The summed E-state index contributed by atoms with van der Waals surface area (Å²) in [5.74, 6) is -1.57. The van der Waals surface area contributed by atoms with E-state index in [1.54, 1.807) is 19.1 Å². The van der Waals surface area contributed by atoms with Gasteiger partial charge in [-0.25, -0.2) is 4.79 Å². The van der Waals surface area contributed by atoms with Crippen LogP contribution >= 0.6 is 0 Å². The molecule has 0 aliphatic carbocycles. The molecule has 1 heterocycles. The molecule has 26 heavy (non-hydrogen) atoms. The third-order valence-electron chi connectivity index (χ3n) is 3.68. The van der Waals surface area contributed by atoms with E-state index in [1.165, 1.54) is 17.9 Å². The largest absolute Gasteiger partial charge is 0.465 e. The van der Waals surface area contributed by atoms with Crippen molar-refractivity contribution in [3.05, 3.63) is 46.8 Å². The summed E-state index contributed by atoms with van der Waals surface area (Å²) in [7, 11) is 1.28. The van der Waals surface area contributed by atoms with Gasteiger partial charge in [-0.2, -0.15) is 5.10 Å². The predicted molar refractivity (Wildman–Crippen MR) is 93.8 cm³/mol. The third-order valence-corrected chi connectivity index (χ3v) is 3.68. The van der Waals surface area contributed by atoms with Gasteiger partial charge in [-0.15, -0.1) is 0 Å². The van der Waals surface area contributed by atoms with Crippen LogP contribution in [-0.4, -0.2) is 41.3 Å². The summed E-state index contributed by atoms with van der Waals surface area (Å²) in [6.45, 7) is 4.94. The van der Waals surface area contributed by atoms with E-state index in [4.69, 9.17) is 4.74 Å². The van der Waals surface area contributed by atoms with Gasteiger partial charge in [-0.3, -0.25) is 14.3 Å². The number of hydrogen-bond acceptors (Lipinski definition) is 6. The van der Waals surface area contributed by atoms with Crippen LogP contribution in [0.25, 0.3) is 0 Å². The molecule has 0 saturated heterocycles. The summed E-state index contributed by atoms with van der Waals surface area (Å²) in [5.41, 5.74) is 3.16. The molecule has 0 unspecified atom stereocenters. The van der Waals surface area contributed by atoms with Gasteiger partial charge in [-0.05, 0) is 44.5 Å². The number of anilines is 1. The fourth-order valence-corrected chi connectivity index (χ4v) is 2.34. The molecule has 1 aromatic carbocycles. The van der Waals surface area contributed by atoms with Crippen LogP contribution in [0.1, 0.15) is 27.3 Å². The highest BCUT2D eigenvalue weighted by Crippen LogP contribution is 2.17. The summed E-state index contributed by atoms with van der Waals surface area (Å²) >= 11 is 0. The predicted octanol–water partition coefficient (Wildman–Crippen LogP) is 1.78. The van der Waals surface area contributed by atoms with Crippen molar-refractivity contribution in [2.24, 2.45) is 0 Å². The standard InChI is InChI=1S/C18H21N3O5/c1-11-5-6-14(18(24)25-4)8-15(11)19-16(22)10-26-17(23)9-21-13(3)7-12(2)20-21/h5-8H,9-10H2,1-4H3,(H,19,22). The number of aryl methyl sites for hydroxylation is 3. The number of carbonyl (C=O) groups excluding carboxylic acids is 3. The van der Waals surface area contributed by atoms with E-state index >= 15 is 0 Å². The molecule has 1 amide bonds. The van der Waals surface area contributed by atoms with Gasteiger partial charge in [0.05, 0.1) is 18.4 Å². The zero-order valence-electron chi connectivity index (χ0n) is 15.2. The Morgan fingerprint density at radius 1 is 1.15 bits per heavy atom. The maximum atomic E-state index is 12.0. The fourth-order valence-electron chi connectivity index (χ4n) is 2.34. The number of nitrogens with one attached hydrogen (secondary N) is 1. The highest BCUT2D eigenvalue weighted by molar-refractivity contribution is 5.96. The lowest BCUT2D eigenvalue weighted by molar-refractivity contribution is -0.148. The minimum atomic E-state index is -0.564. The van der Waals surface area contributed by atoms with Crippen molar-refractivity contribution >= 4 is 23.5 Å². The minimum absolute atomic E-state index is 0.0657. The molecule has 0 atom stereocenters. The molecule has 0 aliphatic rings. The van der Waals surface area contributed by atoms with Gasteiger partial charge in [0.2, 0.25) is 0 Å². The Labute approximate surface area is 151 Å². The zero-order chi connectivity index (χ0) is 19.3. The quantitative estimate of drug-likeness (QED) is 0.789. The molecule has 138 valence electrons. The van der Waals surface area contributed by atoms with E-state index < -0.39 is 24.5 Å². The lowest BCUT2D eigenvalue weighted by Gasteiger charge is -2.10. The Morgan fingerprint density at radius 3 is 2.50 bits per heavy atom. The zero-order valence-corrected chi connectivity index (χ0v) is 15.2. The van der Waals surface area contributed by atoms with Crippen molar-refractivity contribution < 1.29 is 23.9 Å². The van der Waals surface area contributed by atoms with Crippen LogP contribution in [0.5, 0.6) is 0 Å². The maximum Gasteiger partial charge on any atom is 0.337 e. The van der Waals surface area contributed by atoms with Crippen LogP contribution in [-0.2, 0) is 25.6 Å². The van der Waals surface area contributed by atoms with Gasteiger partial charge in [0.15, 0.2) is 6.61 Å². The van der Waals surface area contributed by atoms with Crippen LogP contribution in [0.3, 0.4) is 0 Å². The highest BCUT2D eigenvalue weighted by Gasteiger charge is 2.13. The number of amides is 1. The van der Waals surface area contributed by atoms with Crippen molar-refractivity contribution in [2.45, 2.75) is 27.3 Å². The molecular weight excluding hydrogens is 338 g/mol. The molecule has 0 fully saturated rings. The molecule has 0 bridgehead atoms. The Balaban J connectivity index is 1.91. The third kappa shape index (κ3) is 4.92. The number of nitrogens with zero attached hydrogens (tertiary/aromatic N) is 2. The van der Waals surface area contributed by atoms with Gasteiger partial charge in [0, 0.05) is 11.4 Å². The number of methoxy groups -OCH3 is 1. The topological polar surface area (TPSA) is 99.5 Å². The smallest absolute Gasteiger partial charge is 0.337 e. The van der Waals surface area contributed by atoms with Crippen LogP contribution < -0.4 is 5.32 Å². The molecule has 0 spiro atoms. The number of carbonyl (C=O) groups is 3. The van der Waals surface area contributed by atoms with Crippen molar-refractivity contribution in [3.63, 3.8) is 0 Å². The number of ether oxygens (including phenoxy) is 2. The monoisotopic (exact) mass is 359 g/mol. The van der Waals surface area contributed by atoms with Crippen molar-refractivity contribution in [1.82, 2.24) is 9.78 Å². The van der Waals surface area contributed by atoms with Crippen molar-refractivity contribution in [1.29, 1.82) is 0 Å².